The first-order chi connectivity index (χ1) is 18.4. The lowest BCUT2D eigenvalue weighted by atomic mass is 10.0. The quantitative estimate of drug-likeness (QED) is 0.339. The Balaban J connectivity index is 1.40. The fourth-order valence-electron chi connectivity index (χ4n) is 3.18. The summed E-state index contributed by atoms with van der Waals surface area (Å²) in [7, 11) is 1.52. The van der Waals surface area contributed by atoms with Gasteiger partial charge in [-0.15, -0.1) is 0 Å². The number of halogens is 4. The molecule has 0 spiro atoms. The molecule has 0 fully saturated rings. The highest BCUT2D eigenvalue weighted by Crippen LogP contribution is 2.29. The molecule has 0 atom stereocenters. The van der Waals surface area contributed by atoms with E-state index >= 15 is 0 Å². The zero-order valence-corrected chi connectivity index (χ0v) is 21.4. The van der Waals surface area contributed by atoms with E-state index in [-0.39, 0.29) is 62.2 Å². The topological polar surface area (TPSA) is 124 Å². The molecule has 3 aromatic heterocycles. The molecule has 0 aliphatic carbocycles. The molecule has 0 saturated heterocycles. The minimum atomic E-state index is -4.55. The van der Waals surface area contributed by atoms with Crippen molar-refractivity contribution < 1.29 is 36.6 Å². The van der Waals surface area contributed by atoms with E-state index in [0.717, 1.165) is 6.20 Å². The maximum Gasteiger partial charge on any atom is 0.419 e. The van der Waals surface area contributed by atoms with E-state index in [1.165, 1.54) is 35.2 Å². The summed E-state index contributed by atoms with van der Waals surface area (Å²) in [6.45, 7) is 3.64. The molecule has 0 bridgehead atoms. The molecule has 3 rings (SSSR count). The molecule has 210 valence electrons. The second-order valence-electron chi connectivity index (χ2n) is 8.68. The number of nitrogens with one attached hydrogen (secondary N) is 1. The number of alkyl halides is 3. The Kier molecular flexibility index (Phi) is 9.73. The number of pyridine rings is 1. The number of amides is 2. The predicted molar refractivity (Wildman–Crippen MR) is 129 cm³/mol. The van der Waals surface area contributed by atoms with Gasteiger partial charge in [0.05, 0.1) is 43.2 Å². The third-order valence-corrected chi connectivity index (χ3v) is 5.33. The SMILES string of the molecule is CC(C)c1cncc(F)c1OCCC(=O)Nc1cnn(CC(=O)N(C)CCOc2ncc(C(F)(F)F)cn2)c1. The van der Waals surface area contributed by atoms with Crippen LogP contribution in [0.2, 0.25) is 0 Å². The summed E-state index contributed by atoms with van der Waals surface area (Å²) in [6, 6.07) is -0.243. The molecule has 2 amide bonds. The maximum atomic E-state index is 14.1. The van der Waals surface area contributed by atoms with Gasteiger partial charge in [0.1, 0.15) is 13.2 Å². The molecule has 1 N–H and O–H groups in total. The van der Waals surface area contributed by atoms with Crippen LogP contribution in [-0.2, 0) is 22.3 Å². The second-order valence-corrected chi connectivity index (χ2v) is 8.68. The molecule has 0 aromatic carbocycles. The van der Waals surface area contributed by atoms with E-state index in [0.29, 0.717) is 23.6 Å². The summed E-state index contributed by atoms with van der Waals surface area (Å²) in [5.41, 5.74) is -0.0344. The fourth-order valence-corrected chi connectivity index (χ4v) is 3.18. The van der Waals surface area contributed by atoms with E-state index in [9.17, 15) is 27.2 Å². The summed E-state index contributed by atoms with van der Waals surface area (Å²) in [5, 5.41) is 6.67. The van der Waals surface area contributed by atoms with Gasteiger partial charge in [-0.05, 0) is 5.92 Å². The largest absolute Gasteiger partial charge is 0.490 e. The fraction of sp³-hybridized carbons (Fsp3) is 0.417. The Bertz CT molecular complexity index is 1270. The minimum Gasteiger partial charge on any atom is -0.490 e. The lowest BCUT2D eigenvalue weighted by molar-refractivity contribution is -0.138. The number of hydrogen-bond acceptors (Lipinski definition) is 8. The predicted octanol–water partition coefficient (Wildman–Crippen LogP) is 3.29. The van der Waals surface area contributed by atoms with Gasteiger partial charge < -0.3 is 19.7 Å². The smallest absolute Gasteiger partial charge is 0.419 e. The normalized spacial score (nSPS) is 11.4. The van der Waals surface area contributed by atoms with Crippen molar-refractivity contribution in [2.75, 3.05) is 32.1 Å². The first-order valence-electron chi connectivity index (χ1n) is 11.8. The first-order valence-corrected chi connectivity index (χ1v) is 11.8. The van der Waals surface area contributed by atoms with Crippen molar-refractivity contribution in [2.24, 2.45) is 0 Å². The van der Waals surface area contributed by atoms with Gasteiger partial charge in [0.2, 0.25) is 11.8 Å². The van der Waals surface area contributed by atoms with Crippen LogP contribution in [0.15, 0.2) is 37.2 Å². The van der Waals surface area contributed by atoms with Crippen LogP contribution in [0.5, 0.6) is 11.8 Å². The van der Waals surface area contributed by atoms with Crippen LogP contribution in [0.1, 0.15) is 37.3 Å². The lowest BCUT2D eigenvalue weighted by Crippen LogP contribution is -2.33. The van der Waals surface area contributed by atoms with Crippen molar-refractivity contribution in [2.45, 2.75) is 38.9 Å². The zero-order chi connectivity index (χ0) is 28.6. The Morgan fingerprint density at radius 2 is 1.79 bits per heavy atom. The number of carbonyl (C=O) groups is 2. The molecule has 39 heavy (non-hydrogen) atoms. The van der Waals surface area contributed by atoms with Gasteiger partial charge in [-0.1, -0.05) is 13.8 Å². The number of anilines is 1. The monoisotopic (exact) mass is 553 g/mol. The number of rotatable bonds is 12. The van der Waals surface area contributed by atoms with Gasteiger partial charge in [0, 0.05) is 37.4 Å². The molecule has 0 radical (unpaired) electrons. The van der Waals surface area contributed by atoms with Crippen molar-refractivity contribution in [3.8, 4) is 11.8 Å². The Morgan fingerprint density at radius 1 is 1.08 bits per heavy atom. The van der Waals surface area contributed by atoms with Crippen molar-refractivity contribution >= 4 is 17.5 Å². The van der Waals surface area contributed by atoms with Crippen molar-refractivity contribution in [1.29, 1.82) is 0 Å². The third kappa shape index (κ3) is 8.61. The van der Waals surface area contributed by atoms with E-state index in [4.69, 9.17) is 9.47 Å². The van der Waals surface area contributed by atoms with Gasteiger partial charge in [-0.2, -0.15) is 18.3 Å². The molecular formula is C24H27F4N7O4. The van der Waals surface area contributed by atoms with E-state index in [1.54, 1.807) is 0 Å². The molecular weight excluding hydrogens is 526 g/mol. The van der Waals surface area contributed by atoms with Crippen LogP contribution in [0.3, 0.4) is 0 Å². The van der Waals surface area contributed by atoms with Crippen LogP contribution in [0, 0.1) is 5.82 Å². The third-order valence-electron chi connectivity index (χ3n) is 5.33. The molecule has 0 aliphatic heterocycles. The molecule has 0 saturated carbocycles. The standard InChI is InChI=1S/C24H27F4N7O4/c1-15(2)18-11-29-12-19(25)22(18)38-6-4-20(36)33-17-10-32-35(13-17)14-21(37)34(3)5-7-39-23-30-8-16(9-31-23)24(26,27)28/h8-13,15H,4-7,14H2,1-3H3,(H,33,36). The molecule has 11 nitrogen and oxygen atoms in total. The van der Waals surface area contributed by atoms with E-state index in [2.05, 4.69) is 25.4 Å². The number of likely N-dealkylation sites (N-methyl/N-ethyl adjacent to an activating group) is 1. The Hall–Kier alpha value is -4.30. The number of ether oxygens (including phenoxy) is 2. The second kappa shape index (κ2) is 13.0. The number of hydrogen-bond donors (Lipinski definition) is 1. The van der Waals surface area contributed by atoms with Crippen LogP contribution in [-0.4, -0.2) is 68.3 Å². The summed E-state index contributed by atoms with van der Waals surface area (Å²) in [5.74, 6) is -1.26. The van der Waals surface area contributed by atoms with Gasteiger partial charge in [-0.25, -0.2) is 14.4 Å². The maximum absolute atomic E-state index is 14.1. The van der Waals surface area contributed by atoms with Crippen molar-refractivity contribution in [3.63, 3.8) is 0 Å². The van der Waals surface area contributed by atoms with Gasteiger partial charge in [0.15, 0.2) is 11.6 Å². The van der Waals surface area contributed by atoms with E-state index in [1.807, 2.05) is 13.8 Å². The number of carbonyl (C=O) groups excluding carboxylic acids is 2. The summed E-state index contributed by atoms with van der Waals surface area (Å²) in [4.78, 5) is 36.8. The molecule has 0 unspecified atom stereocenters. The van der Waals surface area contributed by atoms with Gasteiger partial charge >= 0.3 is 12.2 Å². The molecule has 0 aliphatic rings. The van der Waals surface area contributed by atoms with Crippen LogP contribution >= 0.6 is 0 Å². The molecule has 3 aromatic rings. The highest BCUT2D eigenvalue weighted by atomic mass is 19.4. The zero-order valence-electron chi connectivity index (χ0n) is 21.4. The molecule has 15 heteroatoms. The van der Waals surface area contributed by atoms with E-state index < -0.39 is 17.6 Å². The average molecular weight is 554 g/mol. The van der Waals surface area contributed by atoms with Crippen LogP contribution < -0.4 is 14.8 Å². The van der Waals surface area contributed by atoms with Crippen molar-refractivity contribution in [1.82, 2.24) is 29.6 Å². The lowest BCUT2D eigenvalue weighted by Gasteiger charge is -2.17. The van der Waals surface area contributed by atoms with Crippen LogP contribution in [0.4, 0.5) is 23.2 Å². The summed E-state index contributed by atoms with van der Waals surface area (Å²) < 4.78 is 63.7. The number of aromatic nitrogens is 5. The Labute approximate surface area is 221 Å². The summed E-state index contributed by atoms with van der Waals surface area (Å²) >= 11 is 0. The highest BCUT2D eigenvalue weighted by molar-refractivity contribution is 5.90. The molecule has 3 heterocycles. The minimum absolute atomic E-state index is 0.00908. The van der Waals surface area contributed by atoms with Gasteiger partial charge in [0.25, 0.3) is 0 Å². The highest BCUT2D eigenvalue weighted by Gasteiger charge is 2.31. The van der Waals surface area contributed by atoms with Crippen LogP contribution in [0.25, 0.3) is 0 Å². The number of nitrogens with zero attached hydrogens (tertiary/aromatic N) is 6. The first kappa shape index (κ1) is 29.3. The summed E-state index contributed by atoms with van der Waals surface area (Å²) in [6.07, 6.45) is 2.05. The van der Waals surface area contributed by atoms with Gasteiger partial charge in [-0.3, -0.25) is 19.3 Å². The van der Waals surface area contributed by atoms with Crippen molar-refractivity contribution in [3.05, 3.63) is 54.1 Å². The Morgan fingerprint density at radius 3 is 2.46 bits per heavy atom. The average Bonchev–Trinajstić information content (AvgIpc) is 3.30.